The maximum absolute atomic E-state index is 10.0. The summed E-state index contributed by atoms with van der Waals surface area (Å²) in [4.78, 5) is 21.0. The van der Waals surface area contributed by atoms with Crippen LogP contribution in [-0.4, -0.2) is 17.4 Å². The van der Waals surface area contributed by atoms with Crippen LogP contribution in [0, 0.1) is 6.92 Å². The molecule has 0 spiro atoms. The van der Waals surface area contributed by atoms with Crippen molar-refractivity contribution in [3.63, 3.8) is 0 Å². The zero-order valence-corrected chi connectivity index (χ0v) is 7.72. The minimum absolute atomic E-state index is 0.808. The number of aliphatic carboxylic acids is 1. The Hall–Kier alpha value is -1.16. The average molecular weight is 186 g/mol. The lowest BCUT2D eigenvalue weighted by Gasteiger charge is -1.71. The van der Waals surface area contributed by atoms with E-state index in [4.69, 9.17) is 9.90 Å². The lowest BCUT2D eigenvalue weighted by atomic mass is 10.5. The Morgan fingerprint density at radius 3 is 2.25 bits per heavy atom. The zero-order chi connectivity index (χ0) is 9.56. The lowest BCUT2D eigenvalue weighted by molar-refractivity contribution is -0.134. The Labute approximate surface area is 74.7 Å². The van der Waals surface area contributed by atoms with Crippen molar-refractivity contribution in [2.75, 3.05) is 0 Å². The minimum atomic E-state index is -0.833. The first-order valence-electron chi connectivity index (χ1n) is 3.27. The van der Waals surface area contributed by atoms with Gasteiger partial charge in [-0.2, -0.15) is 0 Å². The molecule has 0 aliphatic heterocycles. The van der Waals surface area contributed by atoms with Gasteiger partial charge in [0.05, 0.1) is 4.88 Å². The van der Waals surface area contributed by atoms with E-state index in [1.54, 1.807) is 0 Å². The van der Waals surface area contributed by atoms with Crippen LogP contribution < -0.4 is 0 Å². The molecule has 0 atom stereocenters. The molecule has 4 heteroatoms. The summed E-state index contributed by atoms with van der Waals surface area (Å²) in [6.45, 7) is 3.07. The average Bonchev–Trinajstić information content (AvgIpc) is 2.34. The summed E-state index contributed by atoms with van der Waals surface area (Å²) < 4.78 is 0. The maximum Gasteiger partial charge on any atom is 0.300 e. The van der Waals surface area contributed by atoms with Crippen LogP contribution >= 0.6 is 11.3 Å². The fraction of sp³-hybridized carbons (Fsp3) is 0.250. The second-order valence-corrected chi connectivity index (χ2v) is 3.40. The van der Waals surface area contributed by atoms with E-state index < -0.39 is 5.97 Å². The summed E-state index contributed by atoms with van der Waals surface area (Å²) >= 11 is 1.52. The van der Waals surface area contributed by atoms with Gasteiger partial charge in [0.15, 0.2) is 6.29 Å². The number of carbonyl (C=O) groups excluding carboxylic acids is 1. The third-order valence-electron chi connectivity index (χ3n) is 0.877. The number of carbonyl (C=O) groups is 2. The molecule has 66 valence electrons. The van der Waals surface area contributed by atoms with Gasteiger partial charge in [-0.15, -0.1) is 11.3 Å². The molecule has 0 unspecified atom stereocenters. The smallest absolute Gasteiger partial charge is 0.300 e. The molecule has 3 nitrogen and oxygen atoms in total. The highest BCUT2D eigenvalue weighted by atomic mass is 32.1. The fourth-order valence-corrected chi connectivity index (χ4v) is 1.21. The molecule has 1 heterocycles. The van der Waals surface area contributed by atoms with Crippen LogP contribution in [0.1, 0.15) is 21.5 Å². The quantitative estimate of drug-likeness (QED) is 0.682. The van der Waals surface area contributed by atoms with E-state index in [2.05, 4.69) is 0 Å². The Morgan fingerprint density at radius 2 is 2.08 bits per heavy atom. The third kappa shape index (κ3) is 5.61. The maximum atomic E-state index is 10.0. The first-order valence-corrected chi connectivity index (χ1v) is 4.09. The second-order valence-electron chi connectivity index (χ2n) is 2.09. The molecule has 0 aliphatic carbocycles. The number of aldehydes is 1. The van der Waals surface area contributed by atoms with E-state index >= 15 is 0 Å². The van der Waals surface area contributed by atoms with E-state index in [1.807, 2.05) is 19.1 Å². The summed E-state index contributed by atoms with van der Waals surface area (Å²) in [5.74, 6) is -0.833. The summed E-state index contributed by atoms with van der Waals surface area (Å²) in [6.07, 6.45) is 0.873. The van der Waals surface area contributed by atoms with Crippen LogP contribution in [0.5, 0.6) is 0 Å². The van der Waals surface area contributed by atoms with Gasteiger partial charge < -0.3 is 5.11 Å². The Bertz CT molecular complexity index is 261. The SMILES string of the molecule is CC(=O)O.Cc1ccc(C=O)s1. The van der Waals surface area contributed by atoms with E-state index in [0.29, 0.717) is 0 Å². The van der Waals surface area contributed by atoms with E-state index in [-0.39, 0.29) is 0 Å². The Morgan fingerprint density at radius 1 is 1.58 bits per heavy atom. The minimum Gasteiger partial charge on any atom is -0.481 e. The van der Waals surface area contributed by atoms with Crippen molar-refractivity contribution in [3.05, 3.63) is 21.9 Å². The molecule has 0 aromatic carbocycles. The van der Waals surface area contributed by atoms with Gasteiger partial charge in [0.2, 0.25) is 0 Å². The summed E-state index contributed by atoms with van der Waals surface area (Å²) in [5, 5.41) is 7.42. The molecule has 0 radical (unpaired) electrons. The molecule has 1 N–H and O–H groups in total. The number of hydrogen-bond acceptors (Lipinski definition) is 3. The molecular weight excluding hydrogens is 176 g/mol. The standard InChI is InChI=1S/C6H6OS.C2H4O2/c1-5-2-3-6(4-7)8-5;1-2(3)4/h2-4H,1H3;1H3,(H,3,4). The number of carboxylic acid groups (broad SMARTS) is 1. The summed E-state index contributed by atoms with van der Waals surface area (Å²) in [7, 11) is 0. The van der Waals surface area contributed by atoms with Crippen molar-refractivity contribution in [2.24, 2.45) is 0 Å². The van der Waals surface area contributed by atoms with Crippen LogP contribution in [-0.2, 0) is 4.79 Å². The number of thiophene rings is 1. The molecule has 1 rings (SSSR count). The van der Waals surface area contributed by atoms with Gasteiger partial charge in [-0.05, 0) is 19.1 Å². The highest BCUT2D eigenvalue weighted by Gasteiger charge is 1.90. The van der Waals surface area contributed by atoms with Crippen LogP contribution in [0.2, 0.25) is 0 Å². The predicted octanol–water partition coefficient (Wildman–Crippen LogP) is 1.96. The molecule has 0 amide bonds. The number of rotatable bonds is 1. The molecule has 12 heavy (non-hydrogen) atoms. The van der Waals surface area contributed by atoms with Gasteiger partial charge >= 0.3 is 0 Å². The van der Waals surface area contributed by atoms with Crippen LogP contribution in [0.25, 0.3) is 0 Å². The second kappa shape index (κ2) is 5.49. The Kier molecular flexibility index (Phi) is 4.96. The molecule has 1 aromatic rings. The summed E-state index contributed by atoms with van der Waals surface area (Å²) in [6, 6.07) is 3.77. The topological polar surface area (TPSA) is 54.4 Å². The fourth-order valence-electron chi connectivity index (χ4n) is 0.517. The monoisotopic (exact) mass is 186 g/mol. The lowest BCUT2D eigenvalue weighted by Crippen LogP contribution is -1.78. The van der Waals surface area contributed by atoms with E-state index in [9.17, 15) is 4.79 Å². The van der Waals surface area contributed by atoms with Gasteiger partial charge in [-0.3, -0.25) is 9.59 Å². The number of carboxylic acids is 1. The van der Waals surface area contributed by atoms with Gasteiger partial charge in [0.25, 0.3) is 5.97 Å². The van der Waals surface area contributed by atoms with Gasteiger partial charge in [-0.25, -0.2) is 0 Å². The molecule has 0 aliphatic rings. The zero-order valence-electron chi connectivity index (χ0n) is 6.90. The molecule has 0 saturated heterocycles. The Balaban J connectivity index is 0.000000261. The largest absolute Gasteiger partial charge is 0.481 e. The van der Waals surface area contributed by atoms with E-state index in [0.717, 1.165) is 18.1 Å². The first-order chi connectivity index (χ1) is 5.56. The molecule has 0 fully saturated rings. The molecule has 0 saturated carbocycles. The van der Waals surface area contributed by atoms with Gasteiger partial charge in [0.1, 0.15) is 0 Å². The molecule has 0 bridgehead atoms. The van der Waals surface area contributed by atoms with Crippen molar-refractivity contribution in [1.29, 1.82) is 0 Å². The third-order valence-corrected chi connectivity index (χ3v) is 1.80. The van der Waals surface area contributed by atoms with Gasteiger partial charge in [-0.1, -0.05) is 0 Å². The highest BCUT2D eigenvalue weighted by molar-refractivity contribution is 7.13. The number of aryl methyl sites for hydroxylation is 1. The molecular formula is C8H10O3S. The number of hydrogen-bond donors (Lipinski definition) is 1. The van der Waals surface area contributed by atoms with Crippen molar-refractivity contribution >= 4 is 23.6 Å². The van der Waals surface area contributed by atoms with Crippen molar-refractivity contribution in [2.45, 2.75) is 13.8 Å². The van der Waals surface area contributed by atoms with Gasteiger partial charge in [0, 0.05) is 11.8 Å². The van der Waals surface area contributed by atoms with Crippen LogP contribution in [0.3, 0.4) is 0 Å². The molecule has 1 aromatic heterocycles. The van der Waals surface area contributed by atoms with E-state index in [1.165, 1.54) is 16.2 Å². The normalized spacial score (nSPS) is 8.17. The first kappa shape index (κ1) is 10.8. The predicted molar refractivity (Wildman–Crippen MR) is 47.8 cm³/mol. The van der Waals surface area contributed by atoms with Crippen molar-refractivity contribution < 1.29 is 14.7 Å². The van der Waals surface area contributed by atoms with Crippen LogP contribution in [0.15, 0.2) is 12.1 Å². The summed E-state index contributed by atoms with van der Waals surface area (Å²) in [5.41, 5.74) is 0. The van der Waals surface area contributed by atoms with Crippen LogP contribution in [0.4, 0.5) is 0 Å². The van der Waals surface area contributed by atoms with Crippen molar-refractivity contribution in [1.82, 2.24) is 0 Å². The highest BCUT2D eigenvalue weighted by Crippen LogP contribution is 2.11. The van der Waals surface area contributed by atoms with Crippen molar-refractivity contribution in [3.8, 4) is 0 Å².